The molecule has 1 rings (SSSR count). The number of pyridine rings is 1. The number of hydrogen-bond acceptors (Lipinski definition) is 4. The molecule has 3 N–H and O–H groups in total. The van der Waals surface area contributed by atoms with Gasteiger partial charge in [0, 0.05) is 18.4 Å². The van der Waals surface area contributed by atoms with Crippen LogP contribution in [-0.4, -0.2) is 29.4 Å². The van der Waals surface area contributed by atoms with Crippen LogP contribution in [0.4, 0.5) is 5.69 Å². The summed E-state index contributed by atoms with van der Waals surface area (Å²) in [5, 5.41) is 2.84. The summed E-state index contributed by atoms with van der Waals surface area (Å²) in [4.78, 5) is 15.6. The zero-order chi connectivity index (χ0) is 12.0. The van der Waals surface area contributed by atoms with E-state index < -0.39 is 0 Å². The highest BCUT2D eigenvalue weighted by Crippen LogP contribution is 2.05. The van der Waals surface area contributed by atoms with Gasteiger partial charge >= 0.3 is 0 Å². The Morgan fingerprint density at radius 1 is 1.69 bits per heavy atom. The molecule has 1 aromatic rings. The third-order valence-corrected chi connectivity index (χ3v) is 2.98. The number of nitrogen functional groups attached to an aromatic ring is 1. The zero-order valence-corrected chi connectivity index (χ0v) is 10.4. The lowest BCUT2D eigenvalue weighted by molar-refractivity contribution is 0.0944. The van der Waals surface area contributed by atoms with Crippen molar-refractivity contribution in [2.24, 2.45) is 5.92 Å². The Balaban J connectivity index is 2.47. The van der Waals surface area contributed by atoms with Crippen LogP contribution in [0, 0.1) is 5.92 Å². The summed E-state index contributed by atoms with van der Waals surface area (Å²) in [6, 6.07) is 3.24. The van der Waals surface area contributed by atoms with Crippen molar-refractivity contribution in [1.82, 2.24) is 10.3 Å². The van der Waals surface area contributed by atoms with E-state index in [4.69, 9.17) is 5.73 Å². The number of anilines is 1. The van der Waals surface area contributed by atoms with Crippen LogP contribution in [-0.2, 0) is 0 Å². The predicted molar refractivity (Wildman–Crippen MR) is 68.5 cm³/mol. The molecule has 0 aliphatic heterocycles. The molecule has 1 aromatic heterocycles. The molecule has 0 aromatic carbocycles. The number of nitrogens with one attached hydrogen (secondary N) is 1. The van der Waals surface area contributed by atoms with Crippen molar-refractivity contribution in [1.29, 1.82) is 0 Å². The first kappa shape index (κ1) is 12.8. The number of hydrogen-bond donors (Lipinski definition) is 2. The van der Waals surface area contributed by atoms with Crippen LogP contribution < -0.4 is 11.1 Å². The molecule has 1 unspecified atom stereocenters. The summed E-state index contributed by atoms with van der Waals surface area (Å²) in [5.41, 5.74) is 6.50. The van der Waals surface area contributed by atoms with E-state index in [0.29, 0.717) is 23.8 Å². The van der Waals surface area contributed by atoms with Gasteiger partial charge in [-0.3, -0.25) is 9.78 Å². The monoisotopic (exact) mass is 239 g/mol. The molecule has 0 saturated carbocycles. The molecule has 16 heavy (non-hydrogen) atoms. The molecule has 5 heteroatoms. The van der Waals surface area contributed by atoms with Crippen LogP contribution >= 0.6 is 11.8 Å². The Bertz CT molecular complexity index is 357. The normalized spacial score (nSPS) is 12.1. The van der Waals surface area contributed by atoms with E-state index in [0.717, 1.165) is 5.75 Å². The largest absolute Gasteiger partial charge is 0.399 e. The second-order valence-corrected chi connectivity index (χ2v) is 4.66. The second kappa shape index (κ2) is 6.37. The van der Waals surface area contributed by atoms with E-state index in [1.165, 1.54) is 6.20 Å². The van der Waals surface area contributed by atoms with E-state index >= 15 is 0 Å². The third-order valence-electron chi connectivity index (χ3n) is 2.08. The van der Waals surface area contributed by atoms with Gasteiger partial charge in [0.2, 0.25) is 0 Å². The topological polar surface area (TPSA) is 68.0 Å². The number of nitrogens with zero attached hydrogens (tertiary/aromatic N) is 1. The summed E-state index contributed by atoms with van der Waals surface area (Å²) in [5.74, 6) is 1.32. The summed E-state index contributed by atoms with van der Waals surface area (Å²) in [6.45, 7) is 2.76. The quantitative estimate of drug-likeness (QED) is 0.815. The number of aromatic nitrogens is 1. The number of thioether (sulfide) groups is 1. The molecule has 0 fully saturated rings. The van der Waals surface area contributed by atoms with Crippen LogP contribution in [0.3, 0.4) is 0 Å². The van der Waals surface area contributed by atoms with Crippen LogP contribution in [0.1, 0.15) is 17.4 Å². The van der Waals surface area contributed by atoms with Crippen LogP contribution in [0.25, 0.3) is 0 Å². The van der Waals surface area contributed by atoms with Crippen LogP contribution in [0.2, 0.25) is 0 Å². The predicted octanol–water partition coefficient (Wildman–Crippen LogP) is 1.39. The van der Waals surface area contributed by atoms with E-state index in [9.17, 15) is 4.79 Å². The highest BCUT2D eigenvalue weighted by Gasteiger charge is 2.08. The van der Waals surface area contributed by atoms with Crippen molar-refractivity contribution in [3.05, 3.63) is 24.0 Å². The van der Waals surface area contributed by atoms with Gasteiger partial charge in [-0.15, -0.1) is 0 Å². The molecule has 0 radical (unpaired) electrons. The highest BCUT2D eigenvalue weighted by molar-refractivity contribution is 7.98. The fourth-order valence-corrected chi connectivity index (χ4v) is 1.96. The Kier molecular flexibility index (Phi) is 5.11. The SMILES string of the molecule is CSCC(C)CNC(=O)c1cc(N)ccn1. The number of carbonyl (C=O) groups excluding carboxylic acids is 1. The Labute approximate surface area is 100 Å². The number of amides is 1. The van der Waals surface area contributed by atoms with E-state index in [-0.39, 0.29) is 5.91 Å². The number of carbonyl (C=O) groups is 1. The summed E-state index contributed by atoms with van der Waals surface area (Å²) in [6.07, 6.45) is 3.59. The van der Waals surface area contributed by atoms with Crippen molar-refractivity contribution < 1.29 is 4.79 Å². The van der Waals surface area contributed by atoms with Gasteiger partial charge in [-0.1, -0.05) is 6.92 Å². The van der Waals surface area contributed by atoms with Crippen molar-refractivity contribution >= 4 is 23.4 Å². The van der Waals surface area contributed by atoms with Crippen molar-refractivity contribution in [2.45, 2.75) is 6.92 Å². The van der Waals surface area contributed by atoms with Gasteiger partial charge in [-0.25, -0.2) is 0 Å². The van der Waals surface area contributed by atoms with E-state index in [2.05, 4.69) is 23.5 Å². The number of nitrogens with two attached hydrogens (primary N) is 1. The minimum Gasteiger partial charge on any atom is -0.399 e. The van der Waals surface area contributed by atoms with E-state index in [1.54, 1.807) is 23.9 Å². The fraction of sp³-hybridized carbons (Fsp3) is 0.455. The molecule has 4 nitrogen and oxygen atoms in total. The van der Waals surface area contributed by atoms with Gasteiger partial charge in [-0.2, -0.15) is 11.8 Å². The van der Waals surface area contributed by atoms with Gasteiger partial charge in [0.15, 0.2) is 0 Å². The molecule has 0 spiro atoms. The Morgan fingerprint density at radius 3 is 3.06 bits per heavy atom. The van der Waals surface area contributed by atoms with Crippen molar-refractivity contribution in [3.63, 3.8) is 0 Å². The average Bonchev–Trinajstić information content (AvgIpc) is 2.26. The molecular formula is C11H17N3OS. The minimum atomic E-state index is -0.166. The molecule has 1 heterocycles. The lowest BCUT2D eigenvalue weighted by Crippen LogP contribution is -2.29. The second-order valence-electron chi connectivity index (χ2n) is 3.74. The first-order valence-electron chi connectivity index (χ1n) is 5.12. The van der Waals surface area contributed by atoms with Gasteiger partial charge in [0.05, 0.1) is 0 Å². The zero-order valence-electron chi connectivity index (χ0n) is 9.56. The van der Waals surface area contributed by atoms with Crippen molar-refractivity contribution in [3.8, 4) is 0 Å². The Morgan fingerprint density at radius 2 is 2.44 bits per heavy atom. The summed E-state index contributed by atoms with van der Waals surface area (Å²) in [7, 11) is 0. The van der Waals surface area contributed by atoms with Crippen molar-refractivity contribution in [2.75, 3.05) is 24.3 Å². The minimum absolute atomic E-state index is 0.166. The standard InChI is InChI=1S/C11H17N3OS/c1-8(7-16-2)6-14-11(15)10-5-9(12)3-4-13-10/h3-5,8H,6-7H2,1-2H3,(H2,12,13)(H,14,15). The molecule has 0 aliphatic carbocycles. The maximum absolute atomic E-state index is 11.7. The molecule has 1 amide bonds. The molecule has 0 bridgehead atoms. The Hall–Kier alpha value is -1.23. The molecular weight excluding hydrogens is 222 g/mol. The lowest BCUT2D eigenvalue weighted by atomic mass is 10.2. The average molecular weight is 239 g/mol. The van der Waals surface area contributed by atoms with E-state index in [1.807, 2.05) is 0 Å². The molecule has 1 atom stereocenters. The maximum Gasteiger partial charge on any atom is 0.269 e. The smallest absolute Gasteiger partial charge is 0.269 e. The maximum atomic E-state index is 11.7. The molecule has 88 valence electrons. The third kappa shape index (κ3) is 4.10. The first-order chi connectivity index (χ1) is 7.63. The van der Waals surface area contributed by atoms with Crippen LogP contribution in [0.5, 0.6) is 0 Å². The van der Waals surface area contributed by atoms with Gasteiger partial charge in [-0.05, 0) is 30.1 Å². The fourth-order valence-electron chi connectivity index (χ4n) is 1.27. The van der Waals surface area contributed by atoms with Gasteiger partial charge in [0.1, 0.15) is 5.69 Å². The molecule has 0 aliphatic rings. The lowest BCUT2D eigenvalue weighted by Gasteiger charge is -2.10. The highest BCUT2D eigenvalue weighted by atomic mass is 32.2. The summed E-state index contributed by atoms with van der Waals surface area (Å²) < 4.78 is 0. The van der Waals surface area contributed by atoms with Crippen LogP contribution in [0.15, 0.2) is 18.3 Å². The van der Waals surface area contributed by atoms with Gasteiger partial charge in [0.25, 0.3) is 5.91 Å². The number of rotatable bonds is 5. The molecule has 0 saturated heterocycles. The first-order valence-corrected chi connectivity index (χ1v) is 6.51. The summed E-state index contributed by atoms with van der Waals surface area (Å²) >= 11 is 1.77. The van der Waals surface area contributed by atoms with Gasteiger partial charge < -0.3 is 11.1 Å².